The van der Waals surface area contributed by atoms with Crippen molar-refractivity contribution in [2.45, 2.75) is 51.1 Å². The molecule has 0 bridgehead atoms. The van der Waals surface area contributed by atoms with Gasteiger partial charge in [-0.3, -0.25) is 4.99 Å². The Bertz CT molecular complexity index is 807. The summed E-state index contributed by atoms with van der Waals surface area (Å²) in [6, 6.07) is 14.9. The number of halogens is 1. The zero-order valence-electron chi connectivity index (χ0n) is 14.6. The van der Waals surface area contributed by atoms with Gasteiger partial charge in [-0.25, -0.2) is 0 Å². The second-order valence-electron chi connectivity index (χ2n) is 7.21. The quantitative estimate of drug-likeness (QED) is 0.661. The van der Waals surface area contributed by atoms with Crippen LogP contribution >= 0.6 is 15.9 Å². The number of aliphatic imine (C=N–C) groups is 1. The smallest absolute Gasteiger partial charge is 0.127 e. The fraction of sp³-hybridized carbons (Fsp3) is 0.381. The van der Waals surface area contributed by atoms with Gasteiger partial charge in [-0.2, -0.15) is 0 Å². The number of benzene rings is 2. The van der Waals surface area contributed by atoms with Gasteiger partial charge >= 0.3 is 0 Å². The Labute approximate surface area is 158 Å². The van der Waals surface area contributed by atoms with E-state index in [1.807, 2.05) is 0 Å². The molecule has 2 aromatic rings. The highest BCUT2D eigenvalue weighted by Gasteiger charge is 2.41. The number of amidine groups is 1. The van der Waals surface area contributed by atoms with Crippen LogP contribution in [0.3, 0.4) is 0 Å². The van der Waals surface area contributed by atoms with Gasteiger partial charge in [0.1, 0.15) is 5.84 Å². The van der Waals surface area contributed by atoms with Crippen LogP contribution < -0.4 is 10.6 Å². The highest BCUT2D eigenvalue weighted by Crippen LogP contribution is 2.42. The Morgan fingerprint density at radius 1 is 1.08 bits per heavy atom. The molecule has 1 aliphatic heterocycles. The molecule has 0 amide bonds. The molecule has 1 fully saturated rings. The first-order valence-electron chi connectivity index (χ1n) is 9.10. The van der Waals surface area contributed by atoms with Crippen molar-refractivity contribution in [2.75, 3.05) is 10.6 Å². The van der Waals surface area contributed by atoms with E-state index in [1.54, 1.807) is 0 Å². The van der Waals surface area contributed by atoms with Gasteiger partial charge in [0.25, 0.3) is 0 Å². The molecule has 1 heterocycles. The first kappa shape index (κ1) is 16.6. The molecule has 4 heteroatoms. The van der Waals surface area contributed by atoms with E-state index in [4.69, 9.17) is 4.99 Å². The molecule has 1 aliphatic carbocycles. The van der Waals surface area contributed by atoms with Crippen molar-refractivity contribution < 1.29 is 0 Å². The lowest BCUT2D eigenvalue weighted by molar-refractivity contribution is 0.402. The number of para-hydroxylation sites is 1. The van der Waals surface area contributed by atoms with Gasteiger partial charge in [-0.1, -0.05) is 55.2 Å². The van der Waals surface area contributed by atoms with E-state index in [2.05, 4.69) is 76.0 Å². The number of nitrogens with one attached hydrogen (secondary N) is 2. The molecule has 2 aromatic carbocycles. The van der Waals surface area contributed by atoms with Gasteiger partial charge in [-0.05, 0) is 53.4 Å². The van der Waals surface area contributed by atoms with E-state index in [1.165, 1.54) is 36.1 Å². The molecular formula is C21H24BrN3. The Balaban J connectivity index is 1.69. The zero-order valence-corrected chi connectivity index (χ0v) is 16.2. The molecule has 0 radical (unpaired) electrons. The summed E-state index contributed by atoms with van der Waals surface area (Å²) in [5.41, 5.74) is 4.77. The van der Waals surface area contributed by atoms with Crippen LogP contribution in [-0.2, 0) is 6.54 Å². The number of anilines is 2. The van der Waals surface area contributed by atoms with Gasteiger partial charge in [-0.15, -0.1) is 0 Å². The summed E-state index contributed by atoms with van der Waals surface area (Å²) in [6.45, 7) is 2.85. The molecule has 130 valence electrons. The summed E-state index contributed by atoms with van der Waals surface area (Å²) >= 11 is 3.67. The van der Waals surface area contributed by atoms with Crippen LogP contribution in [0.2, 0.25) is 0 Å². The fourth-order valence-electron chi connectivity index (χ4n) is 4.00. The summed E-state index contributed by atoms with van der Waals surface area (Å²) in [5.74, 6) is 1.09. The number of nitrogens with zero attached hydrogens (tertiary/aromatic N) is 1. The van der Waals surface area contributed by atoms with E-state index in [0.717, 1.165) is 28.8 Å². The lowest BCUT2D eigenvalue weighted by atomic mass is 9.79. The molecule has 1 spiro atoms. The van der Waals surface area contributed by atoms with E-state index in [-0.39, 0.29) is 5.54 Å². The third kappa shape index (κ3) is 3.32. The van der Waals surface area contributed by atoms with E-state index >= 15 is 0 Å². The molecule has 3 nitrogen and oxygen atoms in total. The zero-order chi connectivity index (χ0) is 17.3. The van der Waals surface area contributed by atoms with Gasteiger partial charge in [0, 0.05) is 4.47 Å². The minimum Gasteiger partial charge on any atom is -0.371 e. The average molecular weight is 398 g/mol. The van der Waals surface area contributed by atoms with Gasteiger partial charge < -0.3 is 10.6 Å². The lowest BCUT2D eigenvalue weighted by Gasteiger charge is -2.44. The van der Waals surface area contributed by atoms with Crippen molar-refractivity contribution in [3.8, 4) is 0 Å². The van der Waals surface area contributed by atoms with Crippen molar-refractivity contribution in [1.29, 1.82) is 0 Å². The van der Waals surface area contributed by atoms with Crippen LogP contribution in [-0.4, -0.2) is 11.4 Å². The summed E-state index contributed by atoms with van der Waals surface area (Å²) in [4.78, 5) is 5.03. The molecule has 1 saturated carbocycles. The van der Waals surface area contributed by atoms with E-state index < -0.39 is 0 Å². The Hall–Kier alpha value is -1.81. The standard InChI is InChI=1S/C21H24BrN3/c1-15-7-5-8-16(13-15)14-23-20-21(11-3-2-4-12-21)25-18-10-6-9-17(22)19(18)24-20/h5-10,13,25H,2-4,11-12,14H2,1H3,(H,23,24). The molecule has 0 aromatic heterocycles. The predicted octanol–water partition coefficient (Wildman–Crippen LogP) is 5.90. The summed E-state index contributed by atoms with van der Waals surface area (Å²) < 4.78 is 1.08. The minimum atomic E-state index is -0.0458. The van der Waals surface area contributed by atoms with Crippen molar-refractivity contribution >= 4 is 33.1 Å². The fourth-order valence-corrected chi connectivity index (χ4v) is 4.46. The van der Waals surface area contributed by atoms with E-state index in [0.29, 0.717) is 6.54 Å². The first-order chi connectivity index (χ1) is 12.2. The Kier molecular flexibility index (Phi) is 4.55. The van der Waals surface area contributed by atoms with Crippen molar-refractivity contribution in [1.82, 2.24) is 0 Å². The second-order valence-corrected chi connectivity index (χ2v) is 8.06. The normalized spacial score (nSPS) is 20.0. The minimum absolute atomic E-state index is 0.0458. The second kappa shape index (κ2) is 6.83. The van der Waals surface area contributed by atoms with Gasteiger partial charge in [0.05, 0.1) is 23.5 Å². The molecule has 25 heavy (non-hydrogen) atoms. The van der Waals surface area contributed by atoms with E-state index in [9.17, 15) is 0 Å². The molecule has 0 saturated heterocycles. The highest BCUT2D eigenvalue weighted by molar-refractivity contribution is 9.10. The molecule has 0 atom stereocenters. The van der Waals surface area contributed by atoms with Crippen LogP contribution in [0.25, 0.3) is 0 Å². The number of rotatable bonds is 2. The average Bonchev–Trinajstić information content (AvgIpc) is 2.61. The monoisotopic (exact) mass is 397 g/mol. The number of fused-ring (bicyclic) bond motifs is 1. The van der Waals surface area contributed by atoms with Gasteiger partial charge in [0.2, 0.25) is 0 Å². The third-order valence-corrected chi connectivity index (χ3v) is 5.95. The van der Waals surface area contributed by atoms with Crippen LogP contribution in [0.5, 0.6) is 0 Å². The lowest BCUT2D eigenvalue weighted by Crippen LogP contribution is -2.53. The maximum Gasteiger partial charge on any atom is 0.127 e. The van der Waals surface area contributed by atoms with Crippen LogP contribution in [0.1, 0.15) is 43.2 Å². The SMILES string of the molecule is Cc1cccc(CN=C2Nc3c(Br)cccc3NC23CCCCC3)c1. The number of hydrogen-bond donors (Lipinski definition) is 2. The maximum atomic E-state index is 5.03. The molecule has 2 aliphatic rings. The third-order valence-electron chi connectivity index (χ3n) is 5.29. The molecular weight excluding hydrogens is 374 g/mol. The first-order valence-corrected chi connectivity index (χ1v) is 9.90. The number of hydrogen-bond acceptors (Lipinski definition) is 2. The molecule has 0 unspecified atom stereocenters. The predicted molar refractivity (Wildman–Crippen MR) is 110 cm³/mol. The number of aryl methyl sites for hydroxylation is 1. The van der Waals surface area contributed by atoms with Gasteiger partial charge in [0.15, 0.2) is 0 Å². The van der Waals surface area contributed by atoms with Crippen LogP contribution in [0.4, 0.5) is 11.4 Å². The maximum absolute atomic E-state index is 5.03. The molecule has 2 N–H and O–H groups in total. The topological polar surface area (TPSA) is 36.4 Å². The van der Waals surface area contributed by atoms with Crippen molar-refractivity contribution in [3.05, 3.63) is 58.1 Å². The summed E-state index contributed by atoms with van der Waals surface area (Å²) in [7, 11) is 0. The molecule has 4 rings (SSSR count). The van der Waals surface area contributed by atoms with Crippen molar-refractivity contribution in [2.24, 2.45) is 4.99 Å². The Morgan fingerprint density at radius 2 is 1.88 bits per heavy atom. The largest absolute Gasteiger partial charge is 0.371 e. The highest BCUT2D eigenvalue weighted by atomic mass is 79.9. The summed E-state index contributed by atoms with van der Waals surface area (Å²) in [6.07, 6.45) is 6.10. The Morgan fingerprint density at radius 3 is 2.68 bits per heavy atom. The van der Waals surface area contributed by atoms with Crippen molar-refractivity contribution in [3.63, 3.8) is 0 Å². The summed E-state index contributed by atoms with van der Waals surface area (Å²) in [5, 5.41) is 7.48. The van der Waals surface area contributed by atoms with Crippen LogP contribution in [0, 0.1) is 6.92 Å². The van der Waals surface area contributed by atoms with Crippen LogP contribution in [0.15, 0.2) is 51.9 Å².